The molecule has 0 saturated heterocycles. The van der Waals surface area contributed by atoms with Gasteiger partial charge in [0.25, 0.3) is 12.3 Å². The molecular weight excluding hydrogens is 347 g/mol. The van der Waals surface area contributed by atoms with E-state index < -0.39 is 29.3 Å². The first-order valence-electron chi connectivity index (χ1n) is 8.24. The number of hydrogen-bond donors (Lipinski definition) is 2. The molecule has 0 spiro atoms. The maximum Gasteiger partial charge on any atom is 0.282 e. The third-order valence-electron chi connectivity index (χ3n) is 4.95. The number of carbonyl (C=O) groups excluding carboxylic acids is 1. The number of aliphatic hydroxyl groups excluding tert-OH is 1. The average Bonchev–Trinajstić information content (AvgIpc) is 3.09. The molecule has 140 valence electrons. The first kappa shape index (κ1) is 18.4. The Morgan fingerprint density at radius 1 is 1.50 bits per heavy atom. The van der Waals surface area contributed by atoms with E-state index >= 15 is 0 Å². The first-order chi connectivity index (χ1) is 12.2. The van der Waals surface area contributed by atoms with Crippen LogP contribution in [-0.4, -0.2) is 27.4 Å². The molecule has 2 unspecified atom stereocenters. The van der Waals surface area contributed by atoms with Crippen molar-refractivity contribution in [2.75, 3.05) is 11.9 Å². The van der Waals surface area contributed by atoms with E-state index in [2.05, 4.69) is 10.4 Å². The molecule has 1 heterocycles. The van der Waals surface area contributed by atoms with Gasteiger partial charge in [-0.25, -0.2) is 13.2 Å². The molecular formula is C18H20F3N3O2. The van der Waals surface area contributed by atoms with Crippen molar-refractivity contribution < 1.29 is 23.1 Å². The highest BCUT2D eigenvalue weighted by Crippen LogP contribution is 2.49. The summed E-state index contributed by atoms with van der Waals surface area (Å²) in [5.41, 5.74) is -0.251. The van der Waals surface area contributed by atoms with Crippen LogP contribution in [0.25, 0.3) is 0 Å². The van der Waals surface area contributed by atoms with Crippen LogP contribution in [-0.2, 0) is 12.5 Å². The van der Waals surface area contributed by atoms with E-state index in [0.717, 1.165) is 4.68 Å². The number of amides is 1. The van der Waals surface area contributed by atoms with Gasteiger partial charge < -0.3 is 10.4 Å². The molecule has 0 fully saturated rings. The Bertz CT molecular complexity index is 866. The number of alkyl halides is 2. The lowest BCUT2D eigenvalue weighted by Gasteiger charge is -2.23. The van der Waals surface area contributed by atoms with Gasteiger partial charge in [-0.05, 0) is 30.0 Å². The van der Waals surface area contributed by atoms with Crippen LogP contribution in [0.5, 0.6) is 0 Å². The molecule has 0 radical (unpaired) electrons. The Balaban J connectivity index is 2.02. The van der Waals surface area contributed by atoms with Gasteiger partial charge in [-0.15, -0.1) is 0 Å². The molecule has 1 aromatic heterocycles. The number of aryl methyl sites for hydroxylation is 1. The normalized spacial score (nSPS) is 21.9. The molecule has 1 aromatic carbocycles. The molecule has 0 bridgehead atoms. The second-order valence-electron chi connectivity index (χ2n) is 7.06. The summed E-state index contributed by atoms with van der Waals surface area (Å²) in [5, 5.41) is 16.0. The lowest BCUT2D eigenvalue weighted by Crippen LogP contribution is -2.25. The summed E-state index contributed by atoms with van der Waals surface area (Å²) in [6.07, 6.45) is -1.13. The number of nitrogens with zero attached hydrogens (tertiary/aromatic N) is 2. The highest BCUT2D eigenvalue weighted by atomic mass is 19.3. The van der Waals surface area contributed by atoms with Crippen LogP contribution in [0.15, 0.2) is 18.3 Å². The number of halogens is 3. The van der Waals surface area contributed by atoms with Gasteiger partial charge in [0.1, 0.15) is 11.5 Å². The smallest absolute Gasteiger partial charge is 0.282 e. The predicted molar refractivity (Wildman–Crippen MR) is 90.0 cm³/mol. The maximum atomic E-state index is 14.4. The third-order valence-corrected chi connectivity index (χ3v) is 4.95. The van der Waals surface area contributed by atoms with E-state index in [1.54, 1.807) is 6.92 Å². The molecule has 26 heavy (non-hydrogen) atoms. The van der Waals surface area contributed by atoms with Crippen molar-refractivity contribution in [3.8, 4) is 0 Å². The monoisotopic (exact) mass is 367 g/mol. The van der Waals surface area contributed by atoms with Gasteiger partial charge >= 0.3 is 0 Å². The molecule has 1 amide bonds. The Morgan fingerprint density at radius 3 is 2.81 bits per heavy atom. The van der Waals surface area contributed by atoms with Crippen LogP contribution in [0.1, 0.15) is 59.8 Å². The maximum absolute atomic E-state index is 14.4. The van der Waals surface area contributed by atoms with E-state index in [9.17, 15) is 23.1 Å². The Kier molecular flexibility index (Phi) is 4.56. The summed E-state index contributed by atoms with van der Waals surface area (Å²) in [6.45, 7) is 3.42. The number of aromatic nitrogens is 2. The summed E-state index contributed by atoms with van der Waals surface area (Å²) in [6, 6.07) is 2.64. The third kappa shape index (κ3) is 2.88. The van der Waals surface area contributed by atoms with Crippen LogP contribution in [0.3, 0.4) is 0 Å². The molecule has 8 heteroatoms. The van der Waals surface area contributed by atoms with Gasteiger partial charge in [-0.3, -0.25) is 9.48 Å². The predicted octanol–water partition coefficient (Wildman–Crippen LogP) is 3.51. The summed E-state index contributed by atoms with van der Waals surface area (Å²) in [4.78, 5) is 12.5. The molecule has 2 N–H and O–H groups in total. The van der Waals surface area contributed by atoms with Crippen molar-refractivity contribution in [1.82, 2.24) is 9.78 Å². The van der Waals surface area contributed by atoms with Gasteiger partial charge in [0, 0.05) is 29.9 Å². The van der Waals surface area contributed by atoms with E-state index in [4.69, 9.17) is 0 Å². The number of rotatable bonds is 4. The van der Waals surface area contributed by atoms with E-state index in [-0.39, 0.29) is 18.1 Å². The molecule has 1 aliphatic rings. The Hall–Kier alpha value is -2.35. The molecule has 0 saturated carbocycles. The SMILES string of the molecule is CC1CC(C)(CO)c2c(F)ccc(NC(=O)c3cn(C)nc3C(F)F)c21. The number of benzene rings is 1. The zero-order valence-corrected chi connectivity index (χ0v) is 14.7. The van der Waals surface area contributed by atoms with E-state index in [0.29, 0.717) is 23.2 Å². The van der Waals surface area contributed by atoms with Crippen molar-refractivity contribution in [3.63, 3.8) is 0 Å². The minimum absolute atomic E-state index is 0.100. The van der Waals surface area contributed by atoms with Crippen molar-refractivity contribution >= 4 is 11.6 Å². The molecule has 2 aromatic rings. The second kappa shape index (κ2) is 6.42. The largest absolute Gasteiger partial charge is 0.395 e. The van der Waals surface area contributed by atoms with Crippen molar-refractivity contribution in [2.45, 2.75) is 38.0 Å². The number of nitrogens with one attached hydrogen (secondary N) is 1. The van der Waals surface area contributed by atoms with Crippen LogP contribution in [0, 0.1) is 5.82 Å². The highest BCUT2D eigenvalue weighted by molar-refractivity contribution is 6.05. The Labute approximate surface area is 148 Å². The van der Waals surface area contributed by atoms with Crippen LogP contribution in [0.2, 0.25) is 0 Å². The molecule has 1 aliphatic carbocycles. The van der Waals surface area contributed by atoms with Gasteiger partial charge in [0.05, 0.1) is 12.2 Å². The number of aliphatic hydroxyl groups is 1. The van der Waals surface area contributed by atoms with Gasteiger partial charge in [0.2, 0.25) is 0 Å². The summed E-state index contributed by atoms with van der Waals surface area (Å²) < 4.78 is 41.8. The van der Waals surface area contributed by atoms with Crippen LogP contribution < -0.4 is 5.32 Å². The van der Waals surface area contributed by atoms with Crippen molar-refractivity contribution in [2.24, 2.45) is 7.05 Å². The fourth-order valence-electron chi connectivity index (χ4n) is 3.88. The molecule has 3 rings (SSSR count). The fraction of sp³-hybridized carbons (Fsp3) is 0.444. The van der Waals surface area contributed by atoms with Crippen LogP contribution in [0.4, 0.5) is 18.9 Å². The summed E-state index contributed by atoms with van der Waals surface area (Å²) >= 11 is 0. The number of carbonyl (C=O) groups is 1. The van der Waals surface area contributed by atoms with Gasteiger partial charge in [-0.1, -0.05) is 13.8 Å². The highest BCUT2D eigenvalue weighted by Gasteiger charge is 2.42. The van der Waals surface area contributed by atoms with Crippen molar-refractivity contribution in [3.05, 3.63) is 46.5 Å². The zero-order valence-electron chi connectivity index (χ0n) is 14.7. The van der Waals surface area contributed by atoms with Gasteiger partial charge in [0.15, 0.2) is 0 Å². The van der Waals surface area contributed by atoms with Crippen LogP contribution >= 0.6 is 0 Å². The topological polar surface area (TPSA) is 67.2 Å². The minimum atomic E-state index is -2.88. The van der Waals surface area contributed by atoms with E-state index in [1.165, 1.54) is 25.4 Å². The molecule has 5 nitrogen and oxygen atoms in total. The summed E-state index contributed by atoms with van der Waals surface area (Å²) in [7, 11) is 1.45. The standard InChI is InChI=1S/C18H20F3N3O2/c1-9-6-18(2,8-25)14-11(19)4-5-12(13(9)14)22-17(26)10-7-24(3)23-15(10)16(20)21/h4-5,7,9,16,25H,6,8H2,1-3H3,(H,22,26). The minimum Gasteiger partial charge on any atom is -0.395 e. The first-order valence-corrected chi connectivity index (χ1v) is 8.24. The lowest BCUT2D eigenvalue weighted by molar-refractivity contribution is 0.101. The lowest BCUT2D eigenvalue weighted by atomic mass is 9.84. The quantitative estimate of drug-likeness (QED) is 0.869. The number of hydrogen-bond acceptors (Lipinski definition) is 3. The fourth-order valence-corrected chi connectivity index (χ4v) is 3.88. The molecule has 0 aliphatic heterocycles. The zero-order chi connectivity index (χ0) is 19.2. The number of fused-ring (bicyclic) bond motifs is 1. The average molecular weight is 367 g/mol. The summed E-state index contributed by atoms with van der Waals surface area (Å²) in [5.74, 6) is -1.28. The second-order valence-corrected chi connectivity index (χ2v) is 7.06. The Morgan fingerprint density at radius 2 is 2.19 bits per heavy atom. The van der Waals surface area contributed by atoms with Gasteiger partial charge in [-0.2, -0.15) is 5.10 Å². The molecule has 2 atom stereocenters. The number of anilines is 1. The van der Waals surface area contributed by atoms with E-state index in [1.807, 2.05) is 6.92 Å². The van der Waals surface area contributed by atoms with Crippen molar-refractivity contribution in [1.29, 1.82) is 0 Å².